The number of ether oxygens (including phenoxy) is 1. The highest BCUT2D eigenvalue weighted by molar-refractivity contribution is 6.32. The molecule has 33 heavy (non-hydrogen) atoms. The molecular formula is C27H33ClO5. The van der Waals surface area contributed by atoms with Gasteiger partial charge in [-0.05, 0) is 45.3 Å². The first-order valence-corrected chi connectivity index (χ1v) is 11.0. The number of carbonyl (C=O) groups is 2. The third kappa shape index (κ3) is 12.4. The number of rotatable bonds is 3. The molecule has 1 aliphatic heterocycles. The summed E-state index contributed by atoms with van der Waals surface area (Å²) in [7, 11) is 0. The first kappa shape index (κ1) is 29.8. The van der Waals surface area contributed by atoms with Crippen LogP contribution in [0.5, 0.6) is 0 Å². The minimum atomic E-state index is -0.685. The van der Waals surface area contributed by atoms with Gasteiger partial charge in [0.2, 0.25) is 0 Å². The Morgan fingerprint density at radius 3 is 2.45 bits per heavy atom. The van der Waals surface area contributed by atoms with Gasteiger partial charge in [0.25, 0.3) is 0 Å². The lowest BCUT2D eigenvalue weighted by atomic mass is 10.1. The van der Waals surface area contributed by atoms with Crippen molar-refractivity contribution in [3.05, 3.63) is 82.4 Å². The van der Waals surface area contributed by atoms with Crippen molar-refractivity contribution < 1.29 is 24.5 Å². The largest absolute Gasteiger partial charge is 0.507 e. The van der Waals surface area contributed by atoms with Crippen molar-refractivity contribution in [2.75, 3.05) is 0 Å². The minimum absolute atomic E-state index is 0.0387. The number of aliphatic hydroxyl groups excluding tert-OH is 2. The normalized spacial score (nSPS) is 27.6. The van der Waals surface area contributed by atoms with Gasteiger partial charge in [-0.1, -0.05) is 54.1 Å². The van der Waals surface area contributed by atoms with Crippen LogP contribution in [0.4, 0.5) is 0 Å². The molecule has 0 aromatic rings. The molecule has 0 aromatic heterocycles. The highest BCUT2D eigenvalue weighted by Gasteiger charge is 2.17. The molecule has 1 heterocycles. The van der Waals surface area contributed by atoms with Gasteiger partial charge in [0, 0.05) is 25.3 Å². The molecule has 0 spiro atoms. The number of esters is 1. The molecular weight excluding hydrogens is 440 g/mol. The lowest BCUT2D eigenvalue weighted by Crippen LogP contribution is -2.18. The predicted octanol–water partition coefficient (Wildman–Crippen LogP) is 6.71. The summed E-state index contributed by atoms with van der Waals surface area (Å²) in [6.45, 7) is 4.93. The number of carbonyl (C=O) groups excluding carboxylic acids is 2. The molecule has 1 atom stereocenters. The highest BCUT2D eigenvalue weighted by Crippen LogP contribution is 2.22. The predicted molar refractivity (Wildman–Crippen MR) is 135 cm³/mol. The van der Waals surface area contributed by atoms with E-state index in [-0.39, 0.29) is 22.8 Å². The fourth-order valence-electron chi connectivity index (χ4n) is 2.65. The van der Waals surface area contributed by atoms with Crippen LogP contribution >= 0.6 is 11.6 Å². The molecule has 1 rings (SSSR count). The van der Waals surface area contributed by atoms with Crippen LogP contribution in [-0.2, 0) is 14.3 Å². The zero-order chi connectivity index (χ0) is 25.2. The lowest BCUT2D eigenvalue weighted by Gasteiger charge is -2.15. The number of allylic oxidation sites excluding steroid dienone is 9. The van der Waals surface area contributed by atoms with E-state index in [2.05, 4.69) is 12.8 Å². The van der Waals surface area contributed by atoms with E-state index in [1.165, 1.54) is 13.0 Å². The van der Waals surface area contributed by atoms with E-state index in [0.717, 1.165) is 12.5 Å². The third-order valence-electron chi connectivity index (χ3n) is 4.48. The van der Waals surface area contributed by atoms with E-state index in [0.29, 0.717) is 24.8 Å². The number of cyclic esters (lactones) is 1. The second-order valence-electron chi connectivity index (χ2n) is 7.18. The van der Waals surface area contributed by atoms with E-state index in [1.807, 2.05) is 43.4 Å². The van der Waals surface area contributed by atoms with Gasteiger partial charge in [-0.25, -0.2) is 4.79 Å². The van der Waals surface area contributed by atoms with Gasteiger partial charge in [0.05, 0.1) is 10.6 Å². The monoisotopic (exact) mass is 472 g/mol. The molecule has 178 valence electrons. The summed E-state index contributed by atoms with van der Waals surface area (Å²) in [6.07, 6.45) is 25.9. The standard InChI is InChI=1S/C25H31ClO5.C2H2/c1-4-5-6-11-14-21-15-12-9-7-8-10-13-20(27)16-18(2)24(26)23(29)17-22(28)19(3)25(30)31-21;1-2/h4-6,9-13,17,21,28-29H,7-8,14-16H2,1-3H3;1-2H/b5-4-,11-6-,12-9+,13-10+,22-19-,23-17+,24-18-;/t21-;/m0./s1. The molecule has 2 N–H and O–H groups in total. The molecule has 0 aliphatic carbocycles. The van der Waals surface area contributed by atoms with Crippen molar-refractivity contribution in [2.24, 2.45) is 0 Å². The van der Waals surface area contributed by atoms with Crippen molar-refractivity contribution >= 4 is 23.4 Å². The first-order valence-electron chi connectivity index (χ1n) is 10.6. The molecule has 0 fully saturated rings. The maximum atomic E-state index is 12.5. The van der Waals surface area contributed by atoms with Gasteiger partial charge in [-0.3, -0.25) is 4.79 Å². The molecule has 0 saturated carbocycles. The second-order valence-corrected chi connectivity index (χ2v) is 7.56. The SMILES string of the molecule is C#C.C/C=C\C=C/C[C@H]1C/C=C/CC/C=C/C(=O)C/C(C)=C(Cl)/C(O)=C\C(O)=C(/C)C(=O)O1. The number of halogens is 1. The van der Waals surface area contributed by atoms with E-state index >= 15 is 0 Å². The third-order valence-corrected chi connectivity index (χ3v) is 5.00. The Labute approximate surface area is 202 Å². The number of hydrogen-bond acceptors (Lipinski definition) is 5. The zero-order valence-electron chi connectivity index (χ0n) is 19.5. The number of aliphatic hydroxyl groups is 2. The quantitative estimate of drug-likeness (QED) is 0.206. The fourth-order valence-corrected chi connectivity index (χ4v) is 2.77. The average molecular weight is 473 g/mol. The smallest absolute Gasteiger partial charge is 0.337 e. The summed E-state index contributed by atoms with van der Waals surface area (Å²) < 4.78 is 5.56. The molecule has 6 heteroatoms. The fraction of sp³-hybridized carbons (Fsp3) is 0.333. The van der Waals surface area contributed by atoms with Gasteiger partial charge in [0.1, 0.15) is 17.6 Å². The topological polar surface area (TPSA) is 83.8 Å². The van der Waals surface area contributed by atoms with Crippen LogP contribution in [0.25, 0.3) is 0 Å². The van der Waals surface area contributed by atoms with Crippen LogP contribution in [0.2, 0.25) is 0 Å². The van der Waals surface area contributed by atoms with Crippen LogP contribution < -0.4 is 0 Å². The minimum Gasteiger partial charge on any atom is -0.507 e. The van der Waals surface area contributed by atoms with Gasteiger partial charge in [-0.2, -0.15) is 0 Å². The van der Waals surface area contributed by atoms with Crippen LogP contribution in [0.3, 0.4) is 0 Å². The Morgan fingerprint density at radius 2 is 1.79 bits per heavy atom. The molecule has 1 aliphatic rings. The molecule has 0 radical (unpaired) electrons. The van der Waals surface area contributed by atoms with E-state index in [4.69, 9.17) is 16.3 Å². The van der Waals surface area contributed by atoms with E-state index in [1.54, 1.807) is 13.0 Å². The summed E-state index contributed by atoms with van der Waals surface area (Å²) in [4.78, 5) is 24.6. The molecule has 0 saturated heterocycles. The summed E-state index contributed by atoms with van der Waals surface area (Å²) in [5, 5.41) is 20.4. The molecule has 0 amide bonds. The molecule has 0 unspecified atom stereocenters. The summed E-state index contributed by atoms with van der Waals surface area (Å²) in [6, 6.07) is 0. The highest BCUT2D eigenvalue weighted by atomic mass is 35.5. The van der Waals surface area contributed by atoms with Gasteiger partial charge < -0.3 is 14.9 Å². The van der Waals surface area contributed by atoms with Crippen LogP contribution in [0.15, 0.2) is 82.4 Å². The van der Waals surface area contributed by atoms with Crippen LogP contribution in [0, 0.1) is 12.8 Å². The maximum Gasteiger partial charge on any atom is 0.337 e. The molecule has 0 bridgehead atoms. The number of ketones is 1. The first-order chi connectivity index (χ1) is 15.8. The van der Waals surface area contributed by atoms with Crippen molar-refractivity contribution in [1.29, 1.82) is 0 Å². The zero-order valence-corrected chi connectivity index (χ0v) is 20.2. The average Bonchev–Trinajstić information content (AvgIpc) is 2.80. The van der Waals surface area contributed by atoms with Crippen LogP contribution in [0.1, 0.15) is 52.9 Å². The Bertz CT molecular complexity index is 895. The summed E-state index contributed by atoms with van der Waals surface area (Å²) in [5.74, 6) is -1.72. The summed E-state index contributed by atoms with van der Waals surface area (Å²) >= 11 is 6.13. The second kappa shape index (κ2) is 17.3. The number of terminal acetylenes is 1. The molecule has 5 nitrogen and oxygen atoms in total. The van der Waals surface area contributed by atoms with Gasteiger partial charge >= 0.3 is 5.97 Å². The Kier molecular flexibility index (Phi) is 15.6. The van der Waals surface area contributed by atoms with Gasteiger partial charge in [-0.15, -0.1) is 12.8 Å². The van der Waals surface area contributed by atoms with Crippen molar-refractivity contribution in [3.63, 3.8) is 0 Å². The summed E-state index contributed by atoms with van der Waals surface area (Å²) in [5.41, 5.74) is 0.396. The Balaban J connectivity index is 0.00000497. The Morgan fingerprint density at radius 1 is 1.12 bits per heavy atom. The van der Waals surface area contributed by atoms with Crippen molar-refractivity contribution in [2.45, 2.75) is 59.0 Å². The van der Waals surface area contributed by atoms with Crippen LogP contribution in [-0.4, -0.2) is 28.1 Å². The number of hydrogen-bond donors (Lipinski definition) is 2. The maximum absolute atomic E-state index is 12.5. The van der Waals surface area contributed by atoms with Crippen molar-refractivity contribution in [3.8, 4) is 12.8 Å². The van der Waals surface area contributed by atoms with E-state index in [9.17, 15) is 19.8 Å². The lowest BCUT2D eigenvalue weighted by molar-refractivity contribution is -0.144. The van der Waals surface area contributed by atoms with E-state index < -0.39 is 23.6 Å². The molecule has 0 aromatic carbocycles. The Hall–Kier alpha value is -3.23. The van der Waals surface area contributed by atoms with Gasteiger partial charge in [0.15, 0.2) is 5.78 Å². The van der Waals surface area contributed by atoms with Crippen molar-refractivity contribution in [1.82, 2.24) is 0 Å².